The van der Waals surface area contributed by atoms with Crippen molar-refractivity contribution in [2.24, 2.45) is 0 Å². The van der Waals surface area contributed by atoms with E-state index in [2.05, 4.69) is 42.2 Å². The number of hydrogen-bond donors (Lipinski definition) is 1. The zero-order chi connectivity index (χ0) is 14.5. The molecule has 1 aromatic heterocycles. The van der Waals surface area contributed by atoms with Crippen LogP contribution in [0.2, 0.25) is 0 Å². The van der Waals surface area contributed by atoms with Gasteiger partial charge in [0.05, 0.1) is 4.83 Å². The Labute approximate surface area is 132 Å². The van der Waals surface area contributed by atoms with Gasteiger partial charge in [-0.3, -0.25) is 4.79 Å². The quantitative estimate of drug-likeness (QED) is 0.788. The van der Waals surface area contributed by atoms with Crippen LogP contribution in [0.25, 0.3) is 0 Å². The van der Waals surface area contributed by atoms with Crippen LogP contribution >= 0.6 is 31.9 Å². The van der Waals surface area contributed by atoms with Crippen molar-refractivity contribution < 1.29 is 9.18 Å². The highest BCUT2D eigenvalue weighted by atomic mass is 79.9. The molecule has 3 nitrogen and oxygen atoms in total. The Hall–Kier alpha value is -1.27. The van der Waals surface area contributed by atoms with Gasteiger partial charge in [-0.1, -0.05) is 34.1 Å². The lowest BCUT2D eigenvalue weighted by molar-refractivity contribution is -0.115. The maximum atomic E-state index is 13.5. The maximum absolute atomic E-state index is 13.5. The average Bonchev–Trinajstić information content (AvgIpc) is 2.44. The summed E-state index contributed by atoms with van der Waals surface area (Å²) in [5, 5.41) is 2.67. The average molecular weight is 402 g/mol. The highest BCUT2D eigenvalue weighted by Gasteiger charge is 2.17. The Morgan fingerprint density at radius 3 is 2.70 bits per heavy atom. The van der Waals surface area contributed by atoms with Crippen LogP contribution in [0.15, 0.2) is 47.1 Å². The summed E-state index contributed by atoms with van der Waals surface area (Å²) in [7, 11) is 0. The van der Waals surface area contributed by atoms with Gasteiger partial charge < -0.3 is 5.32 Å². The minimum absolute atomic E-state index is 0.261. The van der Waals surface area contributed by atoms with Gasteiger partial charge in [-0.05, 0) is 46.1 Å². The van der Waals surface area contributed by atoms with Gasteiger partial charge in [-0.25, -0.2) is 9.37 Å². The molecule has 0 aliphatic carbocycles. The van der Waals surface area contributed by atoms with Gasteiger partial charge in [-0.2, -0.15) is 0 Å². The molecular weight excluding hydrogens is 391 g/mol. The van der Waals surface area contributed by atoms with Crippen LogP contribution in [0.5, 0.6) is 0 Å². The van der Waals surface area contributed by atoms with Gasteiger partial charge in [0, 0.05) is 10.7 Å². The van der Waals surface area contributed by atoms with Crippen molar-refractivity contribution in [2.45, 2.75) is 11.2 Å². The summed E-state index contributed by atoms with van der Waals surface area (Å²) in [6.07, 6.45) is 1.87. The van der Waals surface area contributed by atoms with E-state index in [-0.39, 0.29) is 18.1 Å². The minimum atomic E-state index is -0.523. The number of halogens is 3. The van der Waals surface area contributed by atoms with Crippen LogP contribution in [0.1, 0.15) is 5.56 Å². The number of aromatic nitrogens is 1. The normalized spacial score (nSPS) is 11.9. The second-order valence-corrected chi connectivity index (χ2v) is 6.13. The van der Waals surface area contributed by atoms with E-state index in [1.807, 2.05) is 0 Å². The summed E-state index contributed by atoms with van der Waals surface area (Å²) in [6, 6.07) is 9.87. The summed E-state index contributed by atoms with van der Waals surface area (Å²) in [4.78, 5) is 15.5. The molecule has 0 aliphatic heterocycles. The van der Waals surface area contributed by atoms with E-state index >= 15 is 0 Å². The molecule has 1 unspecified atom stereocenters. The highest BCUT2D eigenvalue weighted by molar-refractivity contribution is 9.10. The third-order valence-electron chi connectivity index (χ3n) is 2.62. The summed E-state index contributed by atoms with van der Waals surface area (Å²) in [5.41, 5.74) is 0.494. The van der Waals surface area contributed by atoms with Gasteiger partial charge >= 0.3 is 0 Å². The fourth-order valence-electron chi connectivity index (χ4n) is 1.60. The molecule has 0 bridgehead atoms. The van der Waals surface area contributed by atoms with Crippen LogP contribution < -0.4 is 5.32 Å². The third-order valence-corrected chi connectivity index (χ3v) is 3.83. The van der Waals surface area contributed by atoms with E-state index in [0.717, 1.165) is 4.47 Å². The zero-order valence-corrected chi connectivity index (χ0v) is 13.5. The summed E-state index contributed by atoms with van der Waals surface area (Å²) >= 11 is 6.54. The van der Waals surface area contributed by atoms with E-state index in [1.165, 1.54) is 6.07 Å². The molecule has 0 radical (unpaired) electrons. The molecule has 20 heavy (non-hydrogen) atoms. The number of pyridine rings is 1. The molecule has 104 valence electrons. The van der Waals surface area contributed by atoms with E-state index in [9.17, 15) is 9.18 Å². The molecule has 1 heterocycles. The van der Waals surface area contributed by atoms with Crippen molar-refractivity contribution in [3.05, 3.63) is 58.4 Å². The van der Waals surface area contributed by atoms with Crippen LogP contribution in [0, 0.1) is 5.82 Å². The molecule has 0 spiro atoms. The van der Waals surface area contributed by atoms with Crippen molar-refractivity contribution in [1.82, 2.24) is 4.98 Å². The van der Waals surface area contributed by atoms with Crippen LogP contribution in [-0.2, 0) is 11.2 Å². The first-order valence-electron chi connectivity index (χ1n) is 5.86. The number of benzene rings is 1. The minimum Gasteiger partial charge on any atom is -0.310 e. The number of nitrogens with zero attached hydrogens (tertiary/aromatic N) is 1. The Bertz CT molecular complexity index is 604. The van der Waals surface area contributed by atoms with Crippen LogP contribution in [0.4, 0.5) is 10.2 Å². The number of alkyl halides is 1. The molecule has 0 saturated heterocycles. The Kier molecular flexibility index (Phi) is 5.25. The van der Waals surface area contributed by atoms with Gasteiger partial charge in [0.15, 0.2) is 0 Å². The molecule has 6 heteroatoms. The summed E-state index contributed by atoms with van der Waals surface area (Å²) in [5.74, 6) is -0.120. The summed E-state index contributed by atoms with van der Waals surface area (Å²) in [6.45, 7) is 0. The fourth-order valence-corrected chi connectivity index (χ4v) is 2.30. The first-order chi connectivity index (χ1) is 9.56. The first kappa shape index (κ1) is 15.1. The number of rotatable bonds is 4. The van der Waals surface area contributed by atoms with E-state index < -0.39 is 4.83 Å². The predicted molar refractivity (Wildman–Crippen MR) is 83.4 cm³/mol. The third kappa shape index (κ3) is 4.11. The Morgan fingerprint density at radius 1 is 1.30 bits per heavy atom. The van der Waals surface area contributed by atoms with Gasteiger partial charge in [0.1, 0.15) is 11.6 Å². The second-order valence-electron chi connectivity index (χ2n) is 4.11. The topological polar surface area (TPSA) is 42.0 Å². The van der Waals surface area contributed by atoms with Crippen molar-refractivity contribution >= 4 is 43.6 Å². The van der Waals surface area contributed by atoms with Crippen LogP contribution in [0.3, 0.4) is 0 Å². The molecule has 0 aliphatic rings. The summed E-state index contributed by atoms with van der Waals surface area (Å²) < 4.78 is 14.3. The van der Waals surface area contributed by atoms with Crippen molar-refractivity contribution in [1.29, 1.82) is 0 Å². The zero-order valence-electron chi connectivity index (χ0n) is 10.3. The lowest BCUT2D eigenvalue weighted by Gasteiger charge is -2.11. The lowest BCUT2D eigenvalue weighted by Crippen LogP contribution is -2.25. The molecular formula is C14H11Br2FN2O. The fraction of sp³-hybridized carbons (Fsp3) is 0.143. The Morgan fingerprint density at radius 2 is 2.05 bits per heavy atom. The van der Waals surface area contributed by atoms with Gasteiger partial charge in [0.2, 0.25) is 5.91 Å². The molecule has 2 aromatic rings. The largest absolute Gasteiger partial charge is 0.310 e. The van der Waals surface area contributed by atoms with Crippen molar-refractivity contribution in [3.8, 4) is 0 Å². The molecule has 1 amide bonds. The number of anilines is 1. The monoisotopic (exact) mass is 400 g/mol. The molecule has 1 N–H and O–H groups in total. The highest BCUT2D eigenvalue weighted by Crippen LogP contribution is 2.16. The molecule has 0 saturated carbocycles. The molecule has 0 fully saturated rings. The van der Waals surface area contributed by atoms with Gasteiger partial charge in [0.25, 0.3) is 0 Å². The first-order valence-corrected chi connectivity index (χ1v) is 7.57. The standard InChI is InChI=1S/C14H11Br2FN2O/c15-10-5-6-13(18-8-10)19-14(20)11(16)7-9-3-1-2-4-12(9)17/h1-6,8,11H,7H2,(H,18,19,20). The second kappa shape index (κ2) is 6.95. The molecule has 2 rings (SSSR count). The predicted octanol–water partition coefficient (Wildman–Crippen LogP) is 3.93. The smallest absolute Gasteiger partial charge is 0.239 e. The van der Waals surface area contributed by atoms with Crippen molar-refractivity contribution in [2.75, 3.05) is 5.32 Å². The Balaban J connectivity index is 1.99. The number of hydrogen-bond acceptors (Lipinski definition) is 2. The number of amides is 1. The number of carbonyl (C=O) groups excluding carboxylic acids is 1. The van der Waals surface area contributed by atoms with E-state index in [1.54, 1.807) is 36.5 Å². The van der Waals surface area contributed by atoms with Crippen LogP contribution in [-0.4, -0.2) is 15.7 Å². The maximum Gasteiger partial charge on any atom is 0.239 e. The van der Waals surface area contributed by atoms with Crippen molar-refractivity contribution in [3.63, 3.8) is 0 Å². The molecule has 1 atom stereocenters. The van der Waals surface area contributed by atoms with E-state index in [4.69, 9.17) is 0 Å². The van der Waals surface area contributed by atoms with Gasteiger partial charge in [-0.15, -0.1) is 0 Å². The number of carbonyl (C=O) groups is 1. The lowest BCUT2D eigenvalue weighted by atomic mass is 10.1. The van der Waals surface area contributed by atoms with E-state index in [0.29, 0.717) is 11.4 Å². The SMILES string of the molecule is O=C(Nc1ccc(Br)cn1)C(Br)Cc1ccccc1F. The number of nitrogens with one attached hydrogen (secondary N) is 1. The molecule has 1 aromatic carbocycles.